The van der Waals surface area contributed by atoms with Gasteiger partial charge in [-0.15, -0.1) is 0 Å². The van der Waals surface area contributed by atoms with Crippen molar-refractivity contribution in [2.24, 2.45) is 5.73 Å². The van der Waals surface area contributed by atoms with Gasteiger partial charge in [0.25, 0.3) is 0 Å². The fraction of sp³-hybridized carbons (Fsp3) is 0.462. The number of rotatable bonds is 6. The van der Waals surface area contributed by atoms with Crippen molar-refractivity contribution in [3.05, 3.63) is 34.3 Å². The third-order valence-corrected chi connectivity index (χ3v) is 3.00. The summed E-state index contributed by atoms with van der Waals surface area (Å²) in [5.41, 5.74) is 6.81. The maximum Gasteiger partial charge on any atom is 0.220 e. The normalized spacial score (nSPS) is 12.2. The highest BCUT2D eigenvalue weighted by Crippen LogP contribution is 2.10. The molecule has 0 radical (unpaired) electrons. The minimum absolute atomic E-state index is 0.0828. The smallest absolute Gasteiger partial charge is 0.220 e. The molecule has 3 N–H and O–H groups in total. The first-order valence-electron chi connectivity index (χ1n) is 5.84. The molecule has 3 nitrogen and oxygen atoms in total. The lowest BCUT2D eigenvalue weighted by Gasteiger charge is -2.07. The highest BCUT2D eigenvalue weighted by molar-refractivity contribution is 9.10. The molecule has 0 spiro atoms. The first kappa shape index (κ1) is 14.2. The monoisotopic (exact) mass is 298 g/mol. The molecule has 1 aromatic rings. The molecular weight excluding hydrogens is 280 g/mol. The molecule has 0 aromatic heterocycles. The molecule has 0 fully saturated rings. The van der Waals surface area contributed by atoms with Crippen LogP contribution in [0.5, 0.6) is 0 Å². The van der Waals surface area contributed by atoms with Crippen LogP contribution in [0.4, 0.5) is 0 Å². The van der Waals surface area contributed by atoms with Crippen molar-refractivity contribution in [2.75, 3.05) is 6.54 Å². The number of halogens is 1. The SMILES string of the molecule is CC(N)CCC(=O)NCCc1ccc(Br)cc1. The van der Waals surface area contributed by atoms with Crippen LogP contribution >= 0.6 is 15.9 Å². The van der Waals surface area contributed by atoms with Crippen LogP contribution in [0.2, 0.25) is 0 Å². The average Bonchev–Trinajstić information content (AvgIpc) is 2.29. The predicted molar refractivity (Wildman–Crippen MR) is 73.7 cm³/mol. The van der Waals surface area contributed by atoms with Crippen molar-refractivity contribution in [1.82, 2.24) is 5.32 Å². The fourth-order valence-electron chi connectivity index (χ4n) is 1.44. The second kappa shape index (κ2) is 7.45. The van der Waals surface area contributed by atoms with Gasteiger partial charge in [-0.2, -0.15) is 0 Å². The molecule has 0 aliphatic rings. The van der Waals surface area contributed by atoms with Crippen LogP contribution in [0.25, 0.3) is 0 Å². The van der Waals surface area contributed by atoms with Gasteiger partial charge in [0.05, 0.1) is 0 Å². The highest BCUT2D eigenvalue weighted by Gasteiger charge is 2.02. The van der Waals surface area contributed by atoms with Gasteiger partial charge in [0, 0.05) is 23.5 Å². The number of amides is 1. The molecule has 4 heteroatoms. The van der Waals surface area contributed by atoms with E-state index in [1.54, 1.807) is 0 Å². The van der Waals surface area contributed by atoms with E-state index in [0.29, 0.717) is 13.0 Å². The number of nitrogens with two attached hydrogens (primary N) is 1. The van der Waals surface area contributed by atoms with E-state index in [2.05, 4.69) is 33.4 Å². The van der Waals surface area contributed by atoms with E-state index in [1.165, 1.54) is 5.56 Å². The van der Waals surface area contributed by atoms with E-state index >= 15 is 0 Å². The van der Waals surface area contributed by atoms with Gasteiger partial charge < -0.3 is 11.1 Å². The number of benzene rings is 1. The summed E-state index contributed by atoms with van der Waals surface area (Å²) in [6, 6.07) is 8.21. The van der Waals surface area contributed by atoms with E-state index in [-0.39, 0.29) is 11.9 Å². The van der Waals surface area contributed by atoms with Crippen LogP contribution in [0.15, 0.2) is 28.7 Å². The van der Waals surface area contributed by atoms with E-state index in [9.17, 15) is 4.79 Å². The topological polar surface area (TPSA) is 55.1 Å². The van der Waals surface area contributed by atoms with Gasteiger partial charge in [0.2, 0.25) is 5.91 Å². The van der Waals surface area contributed by atoms with Crippen LogP contribution < -0.4 is 11.1 Å². The molecule has 0 saturated heterocycles. The summed E-state index contributed by atoms with van der Waals surface area (Å²) in [5.74, 6) is 0.0828. The van der Waals surface area contributed by atoms with Crippen molar-refractivity contribution < 1.29 is 4.79 Å². The summed E-state index contributed by atoms with van der Waals surface area (Å²) in [7, 11) is 0. The summed E-state index contributed by atoms with van der Waals surface area (Å²) < 4.78 is 1.07. The zero-order valence-electron chi connectivity index (χ0n) is 10.1. The predicted octanol–water partition coefficient (Wildman–Crippen LogP) is 2.24. The molecule has 1 rings (SSSR count). The number of carbonyl (C=O) groups excluding carboxylic acids is 1. The Hall–Kier alpha value is -0.870. The second-order valence-electron chi connectivity index (χ2n) is 4.24. The molecule has 17 heavy (non-hydrogen) atoms. The van der Waals surface area contributed by atoms with Gasteiger partial charge in [0.1, 0.15) is 0 Å². The van der Waals surface area contributed by atoms with Gasteiger partial charge in [-0.1, -0.05) is 28.1 Å². The Kier molecular flexibility index (Phi) is 6.22. The highest BCUT2D eigenvalue weighted by atomic mass is 79.9. The van der Waals surface area contributed by atoms with Crippen LogP contribution in [-0.4, -0.2) is 18.5 Å². The summed E-state index contributed by atoms with van der Waals surface area (Å²) in [6.45, 7) is 2.59. The van der Waals surface area contributed by atoms with Crippen molar-refractivity contribution in [2.45, 2.75) is 32.2 Å². The van der Waals surface area contributed by atoms with Gasteiger partial charge in [-0.05, 0) is 37.5 Å². The van der Waals surface area contributed by atoms with E-state index in [0.717, 1.165) is 17.3 Å². The Labute approximate surface area is 111 Å². The molecule has 0 heterocycles. The largest absolute Gasteiger partial charge is 0.356 e. The Morgan fingerprint density at radius 3 is 2.65 bits per heavy atom. The van der Waals surface area contributed by atoms with Crippen molar-refractivity contribution in [3.63, 3.8) is 0 Å². The fourth-order valence-corrected chi connectivity index (χ4v) is 1.71. The molecular formula is C13H19BrN2O. The third-order valence-electron chi connectivity index (χ3n) is 2.48. The number of carbonyl (C=O) groups is 1. The molecule has 94 valence electrons. The molecule has 0 saturated carbocycles. The lowest BCUT2D eigenvalue weighted by Crippen LogP contribution is -2.27. The Morgan fingerprint density at radius 1 is 1.41 bits per heavy atom. The first-order chi connectivity index (χ1) is 8.08. The van der Waals surface area contributed by atoms with Gasteiger partial charge in [-0.3, -0.25) is 4.79 Å². The molecule has 1 atom stereocenters. The summed E-state index contributed by atoms with van der Waals surface area (Å²) in [4.78, 5) is 11.4. The summed E-state index contributed by atoms with van der Waals surface area (Å²) in [5, 5.41) is 2.89. The average molecular weight is 299 g/mol. The number of hydrogen-bond acceptors (Lipinski definition) is 2. The Morgan fingerprint density at radius 2 is 2.06 bits per heavy atom. The second-order valence-corrected chi connectivity index (χ2v) is 5.16. The molecule has 1 amide bonds. The van der Waals surface area contributed by atoms with E-state index in [4.69, 9.17) is 5.73 Å². The maximum atomic E-state index is 11.4. The molecule has 1 unspecified atom stereocenters. The van der Waals surface area contributed by atoms with Gasteiger partial charge in [0.15, 0.2) is 0 Å². The van der Waals surface area contributed by atoms with Gasteiger partial charge in [-0.25, -0.2) is 0 Å². The van der Waals surface area contributed by atoms with Crippen LogP contribution in [-0.2, 0) is 11.2 Å². The van der Waals surface area contributed by atoms with Gasteiger partial charge >= 0.3 is 0 Å². The van der Waals surface area contributed by atoms with Crippen LogP contribution in [0, 0.1) is 0 Å². The Balaban J connectivity index is 2.19. The minimum atomic E-state index is 0.0828. The quantitative estimate of drug-likeness (QED) is 0.846. The zero-order chi connectivity index (χ0) is 12.7. The zero-order valence-corrected chi connectivity index (χ0v) is 11.7. The van der Waals surface area contributed by atoms with Crippen molar-refractivity contribution in [1.29, 1.82) is 0 Å². The molecule has 0 bridgehead atoms. The lowest BCUT2D eigenvalue weighted by atomic mass is 10.1. The molecule has 0 aliphatic carbocycles. The maximum absolute atomic E-state index is 11.4. The lowest BCUT2D eigenvalue weighted by molar-refractivity contribution is -0.121. The van der Waals surface area contributed by atoms with E-state index < -0.39 is 0 Å². The third kappa shape index (κ3) is 6.44. The summed E-state index contributed by atoms with van der Waals surface area (Å²) >= 11 is 3.39. The minimum Gasteiger partial charge on any atom is -0.356 e. The van der Waals surface area contributed by atoms with Crippen LogP contribution in [0.3, 0.4) is 0 Å². The first-order valence-corrected chi connectivity index (χ1v) is 6.64. The standard InChI is InChI=1S/C13H19BrN2O/c1-10(15)2-7-13(17)16-9-8-11-3-5-12(14)6-4-11/h3-6,10H,2,7-9,15H2,1H3,(H,16,17). The van der Waals surface area contributed by atoms with Crippen molar-refractivity contribution >= 4 is 21.8 Å². The summed E-state index contributed by atoms with van der Waals surface area (Å²) in [6.07, 6.45) is 2.11. The number of hydrogen-bond donors (Lipinski definition) is 2. The van der Waals surface area contributed by atoms with Crippen LogP contribution in [0.1, 0.15) is 25.3 Å². The number of nitrogens with one attached hydrogen (secondary N) is 1. The van der Waals surface area contributed by atoms with E-state index in [1.807, 2.05) is 19.1 Å². The Bertz CT molecular complexity index is 349. The molecule has 1 aromatic carbocycles. The van der Waals surface area contributed by atoms with Crippen molar-refractivity contribution in [3.8, 4) is 0 Å². The molecule has 0 aliphatic heterocycles.